The molecule has 1 aliphatic carbocycles. The second kappa shape index (κ2) is 7.60. The van der Waals surface area contributed by atoms with Crippen LogP contribution in [0.2, 0.25) is 0 Å². The Kier molecular flexibility index (Phi) is 6.80. The summed E-state index contributed by atoms with van der Waals surface area (Å²) in [5.41, 5.74) is 0. The lowest BCUT2D eigenvalue weighted by atomic mass is 10.1. The van der Waals surface area contributed by atoms with E-state index < -0.39 is 9.05 Å². The van der Waals surface area contributed by atoms with Crippen molar-refractivity contribution in [2.45, 2.75) is 53.6 Å². The van der Waals surface area contributed by atoms with Gasteiger partial charge in [0.1, 0.15) is 0 Å². The van der Waals surface area contributed by atoms with Crippen LogP contribution in [0.1, 0.15) is 47.5 Å². The van der Waals surface area contributed by atoms with Crippen molar-refractivity contribution in [3.05, 3.63) is 0 Å². The molecule has 0 radical (unpaired) electrons. The summed E-state index contributed by atoms with van der Waals surface area (Å²) in [6.07, 6.45) is 2.49. The topological polar surface area (TPSA) is 36.9 Å². The molecular weight excluding hydrogens is 248 g/mol. The van der Waals surface area contributed by atoms with Crippen LogP contribution < -0.4 is 0 Å². The molecule has 0 bridgehead atoms. The summed E-state index contributed by atoms with van der Waals surface area (Å²) in [4.78, 5) is 0. The van der Waals surface area contributed by atoms with Gasteiger partial charge in [-0.15, -0.1) is 0 Å². The molecule has 18 heavy (non-hydrogen) atoms. The molecule has 0 unspecified atom stereocenters. The van der Waals surface area contributed by atoms with Crippen molar-refractivity contribution in [3.63, 3.8) is 0 Å². The van der Waals surface area contributed by atoms with Gasteiger partial charge >= 0.3 is 9.05 Å². The Hall–Kier alpha value is 0.0569. The lowest BCUT2D eigenvalue weighted by molar-refractivity contribution is -0.0568. The maximum absolute atomic E-state index is 6.18. The Morgan fingerprint density at radius 1 is 0.889 bits per heavy atom. The second-order valence-electron chi connectivity index (χ2n) is 5.01. The average molecular weight is 276 g/mol. The first-order valence-corrected chi connectivity index (χ1v) is 8.79. The fourth-order valence-corrected chi connectivity index (χ4v) is 4.83. The van der Waals surface area contributed by atoms with E-state index >= 15 is 0 Å². The molecule has 0 saturated heterocycles. The Balaban J connectivity index is 2.69. The summed E-state index contributed by atoms with van der Waals surface area (Å²) in [6.45, 7) is 12.0. The molecule has 1 aliphatic rings. The highest BCUT2D eigenvalue weighted by molar-refractivity contribution is 6.53. The van der Waals surface area contributed by atoms with Gasteiger partial charge in [-0.2, -0.15) is 0 Å². The van der Waals surface area contributed by atoms with E-state index in [0.717, 1.165) is 6.42 Å². The van der Waals surface area contributed by atoms with Gasteiger partial charge in [-0.3, -0.25) is 0 Å². The second-order valence-corrected chi connectivity index (χ2v) is 7.11. The average Bonchev–Trinajstić information content (AvgIpc) is 2.58. The zero-order valence-corrected chi connectivity index (χ0v) is 13.4. The fraction of sp³-hybridized carbons (Fsp3) is 1.00. The van der Waals surface area contributed by atoms with Crippen molar-refractivity contribution in [3.8, 4) is 0 Å². The van der Waals surface area contributed by atoms with E-state index in [9.17, 15) is 0 Å². The van der Waals surface area contributed by atoms with E-state index in [1.165, 1.54) is 6.42 Å². The van der Waals surface area contributed by atoms with Crippen molar-refractivity contribution in [2.24, 2.45) is 11.8 Å². The highest BCUT2D eigenvalue weighted by Crippen LogP contribution is 2.34. The molecule has 1 rings (SSSR count). The molecule has 4 nitrogen and oxygen atoms in total. The van der Waals surface area contributed by atoms with Crippen LogP contribution in [-0.4, -0.2) is 35.0 Å². The standard InChI is InChI=1S/C13H28O4Si/c1-6-14-18(15-7-2,16-8-3)17-13-10-11(4)9-12(13)5/h11-13H,6-10H2,1-5H3/t11-,12-,13+/m0/s1. The smallest absolute Gasteiger partial charge is 0.351 e. The molecule has 0 aliphatic heterocycles. The van der Waals surface area contributed by atoms with Gasteiger partial charge in [0, 0.05) is 19.8 Å². The van der Waals surface area contributed by atoms with Gasteiger partial charge < -0.3 is 17.7 Å². The van der Waals surface area contributed by atoms with Crippen LogP contribution >= 0.6 is 0 Å². The van der Waals surface area contributed by atoms with Gasteiger partial charge in [0.2, 0.25) is 0 Å². The van der Waals surface area contributed by atoms with Gasteiger partial charge in [0.25, 0.3) is 0 Å². The van der Waals surface area contributed by atoms with Gasteiger partial charge in [-0.05, 0) is 45.4 Å². The summed E-state index contributed by atoms with van der Waals surface area (Å²) in [6, 6.07) is 0. The van der Waals surface area contributed by atoms with Crippen molar-refractivity contribution in [1.29, 1.82) is 0 Å². The summed E-state index contributed by atoms with van der Waals surface area (Å²) >= 11 is 0. The third kappa shape index (κ3) is 4.31. The minimum Gasteiger partial charge on any atom is -0.351 e. The number of hydrogen-bond acceptors (Lipinski definition) is 4. The molecule has 1 fully saturated rings. The van der Waals surface area contributed by atoms with Gasteiger partial charge in [-0.1, -0.05) is 13.8 Å². The molecule has 108 valence electrons. The van der Waals surface area contributed by atoms with Crippen molar-refractivity contribution in [1.82, 2.24) is 0 Å². The summed E-state index contributed by atoms with van der Waals surface area (Å²) in [5, 5.41) is 0. The van der Waals surface area contributed by atoms with Crippen molar-refractivity contribution in [2.75, 3.05) is 19.8 Å². The molecule has 5 heteroatoms. The highest BCUT2D eigenvalue weighted by Gasteiger charge is 2.49. The predicted molar refractivity (Wildman–Crippen MR) is 73.1 cm³/mol. The van der Waals surface area contributed by atoms with E-state index in [0.29, 0.717) is 31.7 Å². The van der Waals surface area contributed by atoms with Gasteiger partial charge in [0.15, 0.2) is 0 Å². The first-order chi connectivity index (χ1) is 8.56. The van der Waals surface area contributed by atoms with Crippen LogP contribution in [0.4, 0.5) is 0 Å². The molecule has 0 aromatic heterocycles. The Morgan fingerprint density at radius 3 is 1.72 bits per heavy atom. The first kappa shape index (κ1) is 16.1. The lowest BCUT2D eigenvalue weighted by Crippen LogP contribution is -2.52. The summed E-state index contributed by atoms with van der Waals surface area (Å²) in [7, 11) is -2.93. The lowest BCUT2D eigenvalue weighted by Gasteiger charge is -2.31. The normalized spacial score (nSPS) is 28.8. The van der Waals surface area contributed by atoms with E-state index in [-0.39, 0.29) is 6.10 Å². The van der Waals surface area contributed by atoms with E-state index in [1.54, 1.807) is 0 Å². The first-order valence-electron chi connectivity index (χ1n) is 7.16. The maximum atomic E-state index is 6.18. The van der Waals surface area contributed by atoms with Crippen LogP contribution in [0.25, 0.3) is 0 Å². The third-order valence-electron chi connectivity index (χ3n) is 3.30. The monoisotopic (exact) mass is 276 g/mol. The molecule has 0 aromatic carbocycles. The Morgan fingerprint density at radius 2 is 1.39 bits per heavy atom. The Labute approximate surface area is 112 Å². The minimum atomic E-state index is -2.93. The minimum absolute atomic E-state index is 0.205. The fourth-order valence-electron chi connectivity index (χ4n) is 2.62. The SMILES string of the molecule is CCO[Si](OCC)(OCC)O[C@@H]1C[C@@H](C)C[C@@H]1C. The molecule has 0 aromatic rings. The molecular formula is C13H28O4Si. The van der Waals surface area contributed by atoms with Crippen molar-refractivity contribution >= 4 is 9.05 Å². The molecule has 1 saturated carbocycles. The van der Waals surface area contributed by atoms with E-state index in [2.05, 4.69) is 13.8 Å². The van der Waals surface area contributed by atoms with Crippen LogP contribution in [-0.2, 0) is 17.7 Å². The van der Waals surface area contributed by atoms with E-state index in [1.807, 2.05) is 20.8 Å². The van der Waals surface area contributed by atoms with Crippen molar-refractivity contribution < 1.29 is 17.7 Å². The largest absolute Gasteiger partial charge is 0.679 e. The number of rotatable bonds is 8. The van der Waals surface area contributed by atoms with Crippen LogP contribution in [0.15, 0.2) is 0 Å². The quantitative estimate of drug-likeness (QED) is 0.639. The highest BCUT2D eigenvalue weighted by atomic mass is 28.4. The van der Waals surface area contributed by atoms with Crippen LogP contribution in [0.3, 0.4) is 0 Å². The molecule has 0 heterocycles. The Bertz CT molecular complexity index is 220. The summed E-state index contributed by atoms with van der Waals surface area (Å²) < 4.78 is 23.4. The maximum Gasteiger partial charge on any atom is 0.679 e. The molecule has 0 amide bonds. The molecule has 0 N–H and O–H groups in total. The summed E-state index contributed by atoms with van der Waals surface area (Å²) in [5.74, 6) is 1.26. The molecule has 3 atom stereocenters. The zero-order valence-electron chi connectivity index (χ0n) is 12.4. The van der Waals surface area contributed by atoms with Crippen LogP contribution in [0, 0.1) is 11.8 Å². The van der Waals surface area contributed by atoms with Crippen LogP contribution in [0.5, 0.6) is 0 Å². The predicted octanol–water partition coefficient (Wildman–Crippen LogP) is 2.98. The number of hydrogen-bond donors (Lipinski definition) is 0. The zero-order chi connectivity index (χ0) is 13.6. The molecule has 0 spiro atoms. The van der Waals surface area contributed by atoms with E-state index in [4.69, 9.17) is 17.7 Å². The van der Waals surface area contributed by atoms with Gasteiger partial charge in [0.05, 0.1) is 6.10 Å². The van der Waals surface area contributed by atoms with Gasteiger partial charge in [-0.25, -0.2) is 0 Å². The third-order valence-corrected chi connectivity index (χ3v) is 5.82.